The van der Waals surface area contributed by atoms with E-state index < -0.39 is 0 Å². The molecule has 0 unspecified atom stereocenters. The average Bonchev–Trinajstić information content (AvgIpc) is 2.47. The number of hydrogen-bond acceptors (Lipinski definition) is 4. The fourth-order valence-corrected chi connectivity index (χ4v) is 2.53. The van der Waals surface area contributed by atoms with Gasteiger partial charge in [-0.1, -0.05) is 11.6 Å². The van der Waals surface area contributed by atoms with Crippen molar-refractivity contribution in [3.63, 3.8) is 0 Å². The molecular weight excluding hydrogens is 280 g/mol. The molecule has 0 bridgehead atoms. The van der Waals surface area contributed by atoms with Gasteiger partial charge in [-0.2, -0.15) is 0 Å². The minimum Gasteiger partial charge on any atom is -0.450 e. The molecule has 1 saturated heterocycles. The van der Waals surface area contributed by atoms with Gasteiger partial charge in [0.15, 0.2) is 0 Å². The van der Waals surface area contributed by atoms with Gasteiger partial charge in [0.05, 0.1) is 13.2 Å². The predicted octanol–water partition coefficient (Wildman–Crippen LogP) is 2.11. The largest absolute Gasteiger partial charge is 0.450 e. The first-order valence-corrected chi connectivity index (χ1v) is 7.09. The van der Waals surface area contributed by atoms with Crippen LogP contribution in [0.5, 0.6) is 0 Å². The highest BCUT2D eigenvalue weighted by atomic mass is 35.5. The lowest BCUT2D eigenvalue weighted by atomic mass is 10.1. The van der Waals surface area contributed by atoms with E-state index in [2.05, 4.69) is 4.90 Å². The summed E-state index contributed by atoms with van der Waals surface area (Å²) >= 11 is 5.93. The molecule has 0 aromatic heterocycles. The summed E-state index contributed by atoms with van der Waals surface area (Å²) in [5, 5.41) is 10.0. The lowest BCUT2D eigenvalue weighted by molar-refractivity contribution is 0.105. The van der Waals surface area contributed by atoms with Crippen LogP contribution < -0.4 is 4.90 Å². The highest BCUT2D eigenvalue weighted by Crippen LogP contribution is 2.25. The Kier molecular flexibility index (Phi) is 5.09. The van der Waals surface area contributed by atoms with Crippen molar-refractivity contribution in [3.05, 3.63) is 28.8 Å². The van der Waals surface area contributed by atoms with Crippen molar-refractivity contribution in [1.29, 1.82) is 0 Å². The third kappa shape index (κ3) is 3.35. The molecule has 1 aromatic carbocycles. The van der Waals surface area contributed by atoms with Crippen LogP contribution in [-0.4, -0.2) is 48.9 Å². The van der Waals surface area contributed by atoms with E-state index in [1.807, 2.05) is 12.1 Å². The number of aliphatic hydroxyl groups excluding tert-OH is 1. The second-order valence-corrected chi connectivity index (χ2v) is 5.04. The number of amides is 1. The Bertz CT molecular complexity index is 473. The maximum absolute atomic E-state index is 11.6. The zero-order valence-corrected chi connectivity index (χ0v) is 12.3. The third-order valence-corrected chi connectivity index (χ3v) is 3.59. The lowest BCUT2D eigenvalue weighted by Gasteiger charge is -2.36. The summed E-state index contributed by atoms with van der Waals surface area (Å²) < 4.78 is 4.99. The number of halogens is 1. The van der Waals surface area contributed by atoms with E-state index in [1.54, 1.807) is 17.9 Å². The van der Waals surface area contributed by atoms with Crippen LogP contribution in [0.3, 0.4) is 0 Å². The number of benzene rings is 1. The second-order valence-electron chi connectivity index (χ2n) is 4.60. The average molecular weight is 299 g/mol. The van der Waals surface area contributed by atoms with Gasteiger partial charge in [0, 0.05) is 42.5 Å². The zero-order valence-electron chi connectivity index (χ0n) is 11.5. The number of nitrogens with zero attached hydrogens (tertiary/aromatic N) is 2. The number of hydrogen-bond donors (Lipinski definition) is 1. The van der Waals surface area contributed by atoms with Crippen LogP contribution in [0, 0.1) is 0 Å². The number of carbonyl (C=O) groups excluding carboxylic acids is 1. The van der Waals surface area contributed by atoms with Crippen molar-refractivity contribution in [2.45, 2.75) is 13.5 Å². The van der Waals surface area contributed by atoms with Crippen molar-refractivity contribution >= 4 is 23.4 Å². The molecule has 5 nitrogen and oxygen atoms in total. The highest BCUT2D eigenvalue weighted by Gasteiger charge is 2.23. The Morgan fingerprint density at radius 2 is 2.05 bits per heavy atom. The van der Waals surface area contributed by atoms with Crippen molar-refractivity contribution < 1.29 is 14.6 Å². The van der Waals surface area contributed by atoms with Crippen molar-refractivity contribution in [3.8, 4) is 0 Å². The smallest absolute Gasteiger partial charge is 0.409 e. The molecule has 1 aromatic rings. The fourth-order valence-electron chi connectivity index (χ4n) is 2.33. The monoisotopic (exact) mass is 298 g/mol. The molecule has 1 heterocycles. The minimum absolute atomic E-state index is 0.0476. The maximum atomic E-state index is 11.6. The first-order chi connectivity index (χ1) is 9.65. The molecule has 0 radical (unpaired) electrons. The first kappa shape index (κ1) is 14.9. The van der Waals surface area contributed by atoms with E-state index in [9.17, 15) is 9.90 Å². The molecule has 20 heavy (non-hydrogen) atoms. The molecule has 0 saturated carbocycles. The fraction of sp³-hybridized carbons (Fsp3) is 0.500. The van der Waals surface area contributed by atoms with Crippen molar-refractivity contribution in [2.24, 2.45) is 0 Å². The molecule has 1 aliphatic heterocycles. The molecule has 0 spiro atoms. The number of ether oxygens (including phenoxy) is 1. The predicted molar refractivity (Wildman–Crippen MR) is 78.2 cm³/mol. The molecule has 1 N–H and O–H groups in total. The molecule has 0 aliphatic carbocycles. The van der Waals surface area contributed by atoms with Gasteiger partial charge in [-0.3, -0.25) is 0 Å². The summed E-state index contributed by atoms with van der Waals surface area (Å²) in [7, 11) is 0. The van der Waals surface area contributed by atoms with E-state index in [0.29, 0.717) is 37.8 Å². The normalized spacial score (nSPS) is 15.3. The third-order valence-electron chi connectivity index (χ3n) is 3.36. The Morgan fingerprint density at radius 3 is 2.65 bits per heavy atom. The van der Waals surface area contributed by atoms with Crippen LogP contribution in [0.4, 0.5) is 10.5 Å². The van der Waals surface area contributed by atoms with Crippen LogP contribution in [0.15, 0.2) is 18.2 Å². The van der Waals surface area contributed by atoms with Crippen molar-refractivity contribution in [1.82, 2.24) is 4.90 Å². The molecule has 2 rings (SSSR count). The number of rotatable bonds is 3. The van der Waals surface area contributed by atoms with Crippen molar-refractivity contribution in [2.75, 3.05) is 37.7 Å². The van der Waals surface area contributed by atoms with E-state index in [4.69, 9.17) is 16.3 Å². The van der Waals surface area contributed by atoms with E-state index in [0.717, 1.165) is 11.3 Å². The number of anilines is 1. The first-order valence-electron chi connectivity index (χ1n) is 6.71. The van der Waals surface area contributed by atoms with Crippen LogP contribution in [0.25, 0.3) is 0 Å². The molecule has 6 heteroatoms. The molecule has 1 amide bonds. The van der Waals surface area contributed by atoms with Crippen LogP contribution in [0.1, 0.15) is 12.5 Å². The summed E-state index contributed by atoms with van der Waals surface area (Å²) in [5.74, 6) is 0. The van der Waals surface area contributed by atoms with Crippen LogP contribution >= 0.6 is 11.6 Å². The Balaban J connectivity index is 2.02. The Labute approximate surface area is 123 Å². The molecule has 1 aliphatic rings. The quantitative estimate of drug-likeness (QED) is 0.928. The van der Waals surface area contributed by atoms with Gasteiger partial charge in [0.2, 0.25) is 0 Å². The van der Waals surface area contributed by atoms with Gasteiger partial charge in [-0.05, 0) is 25.1 Å². The maximum Gasteiger partial charge on any atom is 0.409 e. The van der Waals surface area contributed by atoms with E-state index >= 15 is 0 Å². The van der Waals surface area contributed by atoms with E-state index in [1.165, 1.54) is 0 Å². The second kappa shape index (κ2) is 6.81. The van der Waals surface area contributed by atoms with Gasteiger partial charge >= 0.3 is 6.09 Å². The van der Waals surface area contributed by atoms with E-state index in [-0.39, 0.29) is 12.7 Å². The molecular formula is C14H19ClN2O3. The minimum atomic E-state index is -0.259. The summed E-state index contributed by atoms with van der Waals surface area (Å²) in [6.45, 7) is 4.81. The number of aliphatic hydroxyl groups is 1. The van der Waals surface area contributed by atoms with Gasteiger partial charge < -0.3 is 19.6 Å². The standard InChI is InChI=1S/C14H19ClN2O3/c1-2-20-14(19)17-7-5-16(6-8-17)13-4-3-12(15)9-11(13)10-18/h3-4,9,18H,2,5-8,10H2,1H3. The van der Waals surface area contributed by atoms with Crippen LogP contribution in [0.2, 0.25) is 5.02 Å². The topological polar surface area (TPSA) is 53.0 Å². The van der Waals surface area contributed by atoms with Crippen LogP contribution in [-0.2, 0) is 11.3 Å². The number of carbonyl (C=O) groups is 1. The van der Waals surface area contributed by atoms with Gasteiger partial charge in [0.1, 0.15) is 0 Å². The summed E-state index contributed by atoms with van der Waals surface area (Å²) in [6, 6.07) is 5.50. The SMILES string of the molecule is CCOC(=O)N1CCN(c2ccc(Cl)cc2CO)CC1. The Hall–Kier alpha value is -1.46. The highest BCUT2D eigenvalue weighted by molar-refractivity contribution is 6.30. The molecule has 0 atom stereocenters. The summed E-state index contributed by atoms with van der Waals surface area (Å²) in [6.07, 6.45) is -0.259. The number of piperazine rings is 1. The van der Waals surface area contributed by atoms with Gasteiger partial charge in [-0.25, -0.2) is 4.79 Å². The summed E-state index contributed by atoms with van der Waals surface area (Å²) in [4.78, 5) is 15.5. The zero-order chi connectivity index (χ0) is 14.5. The molecule has 1 fully saturated rings. The molecule has 110 valence electrons. The van der Waals surface area contributed by atoms with Gasteiger partial charge in [0.25, 0.3) is 0 Å². The Morgan fingerprint density at radius 1 is 1.35 bits per heavy atom. The summed E-state index contributed by atoms with van der Waals surface area (Å²) in [5.41, 5.74) is 1.78. The van der Waals surface area contributed by atoms with Gasteiger partial charge in [-0.15, -0.1) is 0 Å². The lowest BCUT2D eigenvalue weighted by Crippen LogP contribution is -2.49.